The minimum Gasteiger partial charge on any atom is -0.370 e. The number of piperidine rings is 1. The summed E-state index contributed by atoms with van der Waals surface area (Å²) in [7, 11) is 0. The van der Waals surface area contributed by atoms with Crippen LogP contribution in [0.1, 0.15) is 31.2 Å². The van der Waals surface area contributed by atoms with Crippen molar-refractivity contribution in [1.29, 1.82) is 0 Å². The molecule has 2 amide bonds. The zero-order valence-electron chi connectivity index (χ0n) is 15.6. The van der Waals surface area contributed by atoms with Gasteiger partial charge < -0.3 is 16.0 Å². The average Bonchev–Trinajstić information content (AvgIpc) is 3.15. The van der Waals surface area contributed by atoms with Gasteiger partial charge in [0.25, 0.3) is 0 Å². The highest BCUT2D eigenvalue weighted by Gasteiger charge is 2.32. The molecule has 0 aromatic heterocycles. The molecule has 1 aromatic carbocycles. The van der Waals surface area contributed by atoms with Crippen LogP contribution in [0.15, 0.2) is 18.2 Å². The normalized spacial score (nSPS) is 21.0. The SMILES string of the molecule is NC(=O)[C@@H]1CCCN(CC(=O)Nc2cc(C(F)(F)F)ccc2N2CCCC2)C1. The smallest absolute Gasteiger partial charge is 0.370 e. The molecule has 9 heteroatoms. The van der Waals surface area contributed by atoms with Crippen molar-refractivity contribution in [3.05, 3.63) is 23.8 Å². The molecular formula is C19H25F3N4O2. The maximum atomic E-state index is 13.1. The zero-order valence-corrected chi connectivity index (χ0v) is 15.6. The third-order valence-corrected chi connectivity index (χ3v) is 5.32. The quantitative estimate of drug-likeness (QED) is 0.799. The van der Waals surface area contributed by atoms with Gasteiger partial charge in [-0.25, -0.2) is 0 Å². The number of alkyl halides is 3. The van der Waals surface area contributed by atoms with E-state index in [1.807, 2.05) is 9.80 Å². The van der Waals surface area contributed by atoms with Crippen LogP contribution in [0.2, 0.25) is 0 Å². The number of amides is 2. The van der Waals surface area contributed by atoms with Gasteiger partial charge in [-0.15, -0.1) is 0 Å². The Labute approximate surface area is 161 Å². The number of carbonyl (C=O) groups excluding carboxylic acids is 2. The molecular weight excluding hydrogens is 373 g/mol. The molecule has 2 aliphatic rings. The molecule has 2 saturated heterocycles. The molecule has 6 nitrogen and oxygen atoms in total. The maximum Gasteiger partial charge on any atom is 0.416 e. The lowest BCUT2D eigenvalue weighted by Crippen LogP contribution is -2.44. The number of benzene rings is 1. The standard InChI is InChI=1S/C19H25F3N4O2/c20-19(21,22)14-5-6-16(26-8-1-2-9-26)15(10-14)24-17(27)12-25-7-3-4-13(11-25)18(23)28/h5-6,10,13H,1-4,7-9,11-12H2,(H2,23,28)(H,24,27)/t13-/m1/s1. The summed E-state index contributed by atoms with van der Waals surface area (Å²) in [4.78, 5) is 27.7. The Kier molecular flexibility index (Phi) is 6.12. The van der Waals surface area contributed by atoms with E-state index in [0.29, 0.717) is 25.2 Å². The van der Waals surface area contributed by atoms with Gasteiger partial charge in [-0.3, -0.25) is 14.5 Å². The summed E-state index contributed by atoms with van der Waals surface area (Å²) < 4.78 is 39.4. The van der Waals surface area contributed by atoms with E-state index >= 15 is 0 Å². The van der Waals surface area contributed by atoms with Gasteiger partial charge in [-0.2, -0.15) is 13.2 Å². The summed E-state index contributed by atoms with van der Waals surface area (Å²) in [6.07, 6.45) is -1.10. The molecule has 3 N–H and O–H groups in total. The van der Waals surface area contributed by atoms with Crippen LogP contribution < -0.4 is 16.0 Å². The molecule has 0 spiro atoms. The van der Waals surface area contributed by atoms with Crippen molar-refractivity contribution in [3.8, 4) is 0 Å². The van der Waals surface area contributed by atoms with Crippen LogP contribution in [0, 0.1) is 5.92 Å². The Morgan fingerprint density at radius 2 is 1.86 bits per heavy atom. The van der Waals surface area contributed by atoms with Crippen LogP contribution in [0.25, 0.3) is 0 Å². The number of anilines is 2. The number of likely N-dealkylation sites (tertiary alicyclic amines) is 1. The van der Waals surface area contributed by atoms with Crippen molar-refractivity contribution in [2.45, 2.75) is 31.9 Å². The van der Waals surface area contributed by atoms with Crippen molar-refractivity contribution < 1.29 is 22.8 Å². The van der Waals surface area contributed by atoms with Gasteiger partial charge in [0.05, 0.1) is 29.4 Å². The molecule has 0 radical (unpaired) electrons. The van der Waals surface area contributed by atoms with E-state index in [1.165, 1.54) is 6.07 Å². The number of hydrogen-bond donors (Lipinski definition) is 2. The Morgan fingerprint density at radius 1 is 1.14 bits per heavy atom. The van der Waals surface area contributed by atoms with Gasteiger partial charge in [0.2, 0.25) is 11.8 Å². The first-order valence-electron chi connectivity index (χ1n) is 9.52. The molecule has 154 valence electrons. The molecule has 28 heavy (non-hydrogen) atoms. The second kappa shape index (κ2) is 8.38. The highest BCUT2D eigenvalue weighted by molar-refractivity contribution is 5.96. The highest BCUT2D eigenvalue weighted by atomic mass is 19.4. The Bertz CT molecular complexity index is 732. The predicted molar refractivity (Wildman–Crippen MR) is 99.9 cm³/mol. The van der Waals surface area contributed by atoms with E-state index in [9.17, 15) is 22.8 Å². The molecule has 2 fully saturated rings. The fraction of sp³-hybridized carbons (Fsp3) is 0.579. The molecule has 2 aliphatic heterocycles. The van der Waals surface area contributed by atoms with Crippen LogP contribution in [-0.2, 0) is 15.8 Å². The van der Waals surface area contributed by atoms with Crippen molar-refractivity contribution in [1.82, 2.24) is 4.90 Å². The predicted octanol–water partition coefficient (Wildman–Crippen LogP) is 2.44. The first-order chi connectivity index (χ1) is 13.2. The van der Waals surface area contributed by atoms with Crippen LogP contribution in [0.4, 0.5) is 24.5 Å². The lowest BCUT2D eigenvalue weighted by molar-refractivity contribution is -0.137. The number of nitrogens with zero attached hydrogens (tertiary/aromatic N) is 2. The topological polar surface area (TPSA) is 78.7 Å². The second-order valence-corrected chi connectivity index (χ2v) is 7.45. The largest absolute Gasteiger partial charge is 0.416 e. The lowest BCUT2D eigenvalue weighted by atomic mass is 9.97. The average molecular weight is 398 g/mol. The second-order valence-electron chi connectivity index (χ2n) is 7.45. The van der Waals surface area contributed by atoms with Gasteiger partial charge in [0.15, 0.2) is 0 Å². The third-order valence-electron chi connectivity index (χ3n) is 5.32. The van der Waals surface area contributed by atoms with E-state index in [-0.39, 0.29) is 24.1 Å². The van der Waals surface area contributed by atoms with Gasteiger partial charge in [-0.1, -0.05) is 0 Å². The molecule has 0 bridgehead atoms. The summed E-state index contributed by atoms with van der Waals surface area (Å²) in [5.41, 5.74) is 5.33. The minimum atomic E-state index is -4.48. The van der Waals surface area contributed by atoms with Crippen LogP contribution in [0.3, 0.4) is 0 Å². The van der Waals surface area contributed by atoms with E-state index in [2.05, 4.69) is 5.32 Å². The molecule has 0 saturated carbocycles. The maximum absolute atomic E-state index is 13.1. The van der Waals surface area contributed by atoms with Gasteiger partial charge in [0, 0.05) is 19.6 Å². The van der Waals surface area contributed by atoms with E-state index in [0.717, 1.165) is 44.5 Å². The van der Waals surface area contributed by atoms with Crippen molar-refractivity contribution >= 4 is 23.2 Å². The summed E-state index contributed by atoms with van der Waals surface area (Å²) in [6, 6.07) is 3.47. The van der Waals surface area contributed by atoms with Crippen molar-refractivity contribution in [2.24, 2.45) is 11.7 Å². The number of halogens is 3. The number of rotatable bonds is 5. The Hall–Kier alpha value is -2.29. The number of nitrogens with two attached hydrogens (primary N) is 1. The number of carbonyl (C=O) groups is 2. The molecule has 1 aromatic rings. The Morgan fingerprint density at radius 3 is 2.50 bits per heavy atom. The van der Waals surface area contributed by atoms with Crippen LogP contribution in [-0.4, -0.2) is 49.4 Å². The summed E-state index contributed by atoms with van der Waals surface area (Å²) in [5, 5.41) is 2.65. The van der Waals surface area contributed by atoms with Gasteiger partial charge in [0.1, 0.15) is 0 Å². The third kappa shape index (κ3) is 4.95. The molecule has 3 rings (SSSR count). The summed E-state index contributed by atoms with van der Waals surface area (Å²) in [5.74, 6) is -1.08. The van der Waals surface area contributed by atoms with E-state index < -0.39 is 17.6 Å². The van der Waals surface area contributed by atoms with Gasteiger partial charge >= 0.3 is 6.18 Å². The monoisotopic (exact) mass is 398 g/mol. The fourth-order valence-electron chi connectivity index (χ4n) is 3.87. The number of primary amides is 1. The number of hydrogen-bond acceptors (Lipinski definition) is 4. The van der Waals surface area contributed by atoms with Crippen LogP contribution in [0.5, 0.6) is 0 Å². The summed E-state index contributed by atoms with van der Waals surface area (Å²) in [6.45, 7) is 2.56. The molecule has 0 aliphatic carbocycles. The fourth-order valence-corrected chi connectivity index (χ4v) is 3.87. The first-order valence-corrected chi connectivity index (χ1v) is 9.52. The molecule has 1 atom stereocenters. The van der Waals surface area contributed by atoms with Crippen molar-refractivity contribution in [3.63, 3.8) is 0 Å². The highest BCUT2D eigenvalue weighted by Crippen LogP contribution is 2.36. The first kappa shape index (κ1) is 20.4. The molecule has 2 heterocycles. The zero-order chi connectivity index (χ0) is 20.3. The molecule has 0 unspecified atom stereocenters. The lowest BCUT2D eigenvalue weighted by Gasteiger charge is -2.30. The van der Waals surface area contributed by atoms with Gasteiger partial charge in [-0.05, 0) is 50.4 Å². The summed E-state index contributed by atoms with van der Waals surface area (Å²) >= 11 is 0. The van der Waals surface area contributed by atoms with Crippen molar-refractivity contribution in [2.75, 3.05) is 42.9 Å². The Balaban J connectivity index is 1.73. The van der Waals surface area contributed by atoms with Crippen LogP contribution >= 0.6 is 0 Å². The van der Waals surface area contributed by atoms with E-state index in [4.69, 9.17) is 5.73 Å². The minimum absolute atomic E-state index is 0.0134. The van der Waals surface area contributed by atoms with E-state index in [1.54, 1.807) is 0 Å². The number of nitrogens with one attached hydrogen (secondary N) is 1.